The molecule has 2 rings (SSSR count). The third-order valence-electron chi connectivity index (χ3n) is 3.22. The zero-order chi connectivity index (χ0) is 19.3. The van der Waals surface area contributed by atoms with E-state index in [1.54, 1.807) is 0 Å². The summed E-state index contributed by atoms with van der Waals surface area (Å²) in [6.45, 7) is -0.634. The van der Waals surface area contributed by atoms with Gasteiger partial charge in [-0.05, 0) is 35.9 Å². The predicted octanol–water partition coefficient (Wildman–Crippen LogP) is 1.09. The molecule has 0 aliphatic heterocycles. The largest absolute Gasteiger partial charge is 0.452 e. The van der Waals surface area contributed by atoms with Crippen molar-refractivity contribution < 1.29 is 31.5 Å². The molecule has 0 heterocycles. The number of carbonyl (C=O) groups is 2. The van der Waals surface area contributed by atoms with Crippen LogP contribution in [0.1, 0.15) is 15.9 Å². The molecular weight excluding hydrogens is 370 g/mol. The number of rotatable bonds is 6. The number of halogens is 2. The van der Waals surface area contributed by atoms with Gasteiger partial charge in [-0.1, -0.05) is 12.1 Å². The van der Waals surface area contributed by atoms with Gasteiger partial charge >= 0.3 is 5.97 Å². The van der Waals surface area contributed by atoms with E-state index in [0.29, 0.717) is 5.56 Å². The monoisotopic (exact) mass is 384 g/mol. The van der Waals surface area contributed by atoms with E-state index in [-0.39, 0.29) is 6.54 Å². The van der Waals surface area contributed by atoms with Gasteiger partial charge in [0.1, 0.15) is 11.6 Å². The van der Waals surface area contributed by atoms with E-state index in [1.807, 2.05) is 0 Å². The molecular formula is C16H14F2N2O5S. The molecule has 26 heavy (non-hydrogen) atoms. The van der Waals surface area contributed by atoms with Crippen molar-refractivity contribution in [3.05, 3.63) is 65.2 Å². The summed E-state index contributed by atoms with van der Waals surface area (Å²) in [5.41, 5.74) is -0.0409. The molecule has 138 valence electrons. The van der Waals surface area contributed by atoms with Gasteiger partial charge < -0.3 is 10.1 Å². The van der Waals surface area contributed by atoms with E-state index in [1.165, 1.54) is 24.3 Å². The lowest BCUT2D eigenvalue weighted by Crippen LogP contribution is -2.28. The number of carbonyl (C=O) groups excluding carboxylic acids is 2. The average molecular weight is 384 g/mol. The normalized spacial score (nSPS) is 11.0. The summed E-state index contributed by atoms with van der Waals surface area (Å²) < 4.78 is 53.6. The lowest BCUT2D eigenvalue weighted by molar-refractivity contribution is -0.124. The highest BCUT2D eigenvalue weighted by atomic mass is 32.2. The molecule has 0 spiro atoms. The summed E-state index contributed by atoms with van der Waals surface area (Å²) in [4.78, 5) is 23.0. The van der Waals surface area contributed by atoms with Crippen LogP contribution in [0.3, 0.4) is 0 Å². The number of primary sulfonamides is 1. The molecule has 2 aromatic rings. The van der Waals surface area contributed by atoms with Crippen molar-refractivity contribution in [2.24, 2.45) is 5.14 Å². The second-order valence-electron chi connectivity index (χ2n) is 5.17. The van der Waals surface area contributed by atoms with E-state index in [2.05, 4.69) is 10.1 Å². The second kappa shape index (κ2) is 8.02. The molecule has 1 amide bonds. The summed E-state index contributed by atoms with van der Waals surface area (Å²) in [7, 11) is -4.13. The molecule has 0 bridgehead atoms. The fourth-order valence-corrected chi connectivity index (χ4v) is 2.44. The number of esters is 1. The lowest BCUT2D eigenvalue weighted by Gasteiger charge is -2.08. The van der Waals surface area contributed by atoms with Crippen molar-refractivity contribution >= 4 is 21.9 Å². The number of amides is 1. The molecule has 2 aromatic carbocycles. The van der Waals surface area contributed by atoms with Crippen LogP contribution in [0.15, 0.2) is 47.4 Å². The SMILES string of the molecule is NS(=O)(=O)c1ccc(F)c(C(=O)OCC(=O)NCc2ccc(F)cc2)c1. The topological polar surface area (TPSA) is 116 Å². The van der Waals surface area contributed by atoms with Crippen LogP contribution in [0.5, 0.6) is 0 Å². The minimum Gasteiger partial charge on any atom is -0.452 e. The Hall–Kier alpha value is -2.85. The number of benzene rings is 2. The maximum Gasteiger partial charge on any atom is 0.341 e. The van der Waals surface area contributed by atoms with Crippen LogP contribution < -0.4 is 10.5 Å². The summed E-state index contributed by atoms with van der Waals surface area (Å²) in [6.07, 6.45) is 0. The first-order valence-corrected chi connectivity index (χ1v) is 8.72. The molecule has 0 aliphatic carbocycles. The van der Waals surface area contributed by atoms with Crippen LogP contribution in [0.4, 0.5) is 8.78 Å². The van der Waals surface area contributed by atoms with Crippen LogP contribution in [-0.2, 0) is 26.1 Å². The number of hydrogen-bond donors (Lipinski definition) is 2. The standard InChI is InChI=1S/C16H14F2N2O5S/c17-11-3-1-10(2-4-11)8-20-15(21)9-25-16(22)13-7-12(26(19,23)24)5-6-14(13)18/h1-7H,8-9H2,(H,20,21)(H2,19,23,24). The maximum atomic E-state index is 13.7. The smallest absolute Gasteiger partial charge is 0.341 e. The average Bonchev–Trinajstić information content (AvgIpc) is 2.58. The van der Waals surface area contributed by atoms with Gasteiger partial charge in [-0.25, -0.2) is 27.1 Å². The minimum atomic E-state index is -4.13. The Morgan fingerprint density at radius 1 is 1.08 bits per heavy atom. The van der Waals surface area contributed by atoms with Gasteiger partial charge in [0, 0.05) is 6.54 Å². The van der Waals surface area contributed by atoms with Crippen molar-refractivity contribution in [3.63, 3.8) is 0 Å². The highest BCUT2D eigenvalue weighted by molar-refractivity contribution is 7.89. The lowest BCUT2D eigenvalue weighted by atomic mass is 10.2. The van der Waals surface area contributed by atoms with Crippen LogP contribution in [0.25, 0.3) is 0 Å². The minimum absolute atomic E-state index is 0.0753. The van der Waals surface area contributed by atoms with Gasteiger partial charge in [-0.3, -0.25) is 4.79 Å². The Bertz CT molecular complexity index is 930. The molecule has 0 atom stereocenters. The van der Waals surface area contributed by atoms with E-state index in [9.17, 15) is 26.8 Å². The van der Waals surface area contributed by atoms with Crippen LogP contribution in [-0.4, -0.2) is 26.9 Å². The van der Waals surface area contributed by atoms with Crippen LogP contribution in [0.2, 0.25) is 0 Å². The second-order valence-corrected chi connectivity index (χ2v) is 6.73. The van der Waals surface area contributed by atoms with Gasteiger partial charge in [0.25, 0.3) is 5.91 Å². The number of ether oxygens (including phenoxy) is 1. The fraction of sp³-hybridized carbons (Fsp3) is 0.125. The molecule has 10 heteroatoms. The Kier molecular flexibility index (Phi) is 6.01. The van der Waals surface area contributed by atoms with Gasteiger partial charge in [0.2, 0.25) is 10.0 Å². The third kappa shape index (κ3) is 5.33. The van der Waals surface area contributed by atoms with E-state index >= 15 is 0 Å². The molecule has 0 aliphatic rings. The first kappa shape index (κ1) is 19.5. The highest BCUT2D eigenvalue weighted by Crippen LogP contribution is 2.15. The summed E-state index contributed by atoms with van der Waals surface area (Å²) in [6, 6.07) is 7.77. The van der Waals surface area contributed by atoms with Crippen molar-refractivity contribution in [1.29, 1.82) is 0 Å². The number of nitrogens with two attached hydrogens (primary N) is 1. The molecule has 0 fully saturated rings. The van der Waals surface area contributed by atoms with E-state index in [4.69, 9.17) is 5.14 Å². The molecule has 0 unspecified atom stereocenters. The number of sulfonamides is 1. The molecule has 7 nitrogen and oxygen atoms in total. The molecule has 0 aromatic heterocycles. The Morgan fingerprint density at radius 2 is 1.73 bits per heavy atom. The van der Waals surface area contributed by atoms with Gasteiger partial charge in [-0.15, -0.1) is 0 Å². The molecule has 0 saturated heterocycles. The van der Waals surface area contributed by atoms with Crippen molar-refractivity contribution in [3.8, 4) is 0 Å². The van der Waals surface area contributed by atoms with Gasteiger partial charge in [-0.2, -0.15) is 0 Å². The van der Waals surface area contributed by atoms with Gasteiger partial charge in [0.15, 0.2) is 6.61 Å². The zero-order valence-electron chi connectivity index (χ0n) is 13.2. The number of hydrogen-bond acceptors (Lipinski definition) is 5. The fourth-order valence-electron chi connectivity index (χ4n) is 1.90. The highest BCUT2D eigenvalue weighted by Gasteiger charge is 2.18. The van der Waals surface area contributed by atoms with E-state index in [0.717, 1.165) is 18.2 Å². The maximum absolute atomic E-state index is 13.7. The van der Waals surface area contributed by atoms with Crippen molar-refractivity contribution in [2.75, 3.05) is 6.61 Å². The van der Waals surface area contributed by atoms with Gasteiger partial charge in [0.05, 0.1) is 10.5 Å². The molecule has 3 N–H and O–H groups in total. The Morgan fingerprint density at radius 3 is 2.35 bits per heavy atom. The third-order valence-corrected chi connectivity index (χ3v) is 4.13. The zero-order valence-corrected chi connectivity index (χ0v) is 14.1. The van der Waals surface area contributed by atoms with Crippen LogP contribution >= 0.6 is 0 Å². The predicted molar refractivity (Wildman–Crippen MR) is 86.3 cm³/mol. The van der Waals surface area contributed by atoms with Crippen LogP contribution in [0, 0.1) is 11.6 Å². The van der Waals surface area contributed by atoms with Crippen molar-refractivity contribution in [1.82, 2.24) is 5.32 Å². The Labute approximate surface area is 147 Å². The summed E-state index contributed by atoms with van der Waals surface area (Å²) in [5.74, 6) is -3.33. The quantitative estimate of drug-likeness (QED) is 0.724. The number of nitrogens with one attached hydrogen (secondary N) is 1. The Balaban J connectivity index is 1.93. The van der Waals surface area contributed by atoms with Crippen molar-refractivity contribution in [2.45, 2.75) is 11.4 Å². The summed E-state index contributed by atoms with van der Waals surface area (Å²) in [5, 5.41) is 7.34. The van der Waals surface area contributed by atoms with E-state index < -0.39 is 50.6 Å². The molecule has 0 radical (unpaired) electrons. The first-order chi connectivity index (χ1) is 12.2. The summed E-state index contributed by atoms with van der Waals surface area (Å²) >= 11 is 0. The first-order valence-electron chi connectivity index (χ1n) is 7.17. The molecule has 0 saturated carbocycles.